The van der Waals surface area contributed by atoms with E-state index in [9.17, 15) is 4.79 Å². The number of halogens is 1. The number of aromatic nitrogens is 2. The van der Waals surface area contributed by atoms with E-state index in [0.29, 0.717) is 12.2 Å². The number of nitrogens with one attached hydrogen (secondary N) is 1. The Balaban J connectivity index is 2.14. The summed E-state index contributed by atoms with van der Waals surface area (Å²) in [6.07, 6.45) is 2.64. The van der Waals surface area contributed by atoms with Crippen molar-refractivity contribution in [3.05, 3.63) is 52.0 Å². The molecular weight excluding hydrogens is 310 g/mol. The first-order valence-corrected chi connectivity index (χ1v) is 6.39. The van der Waals surface area contributed by atoms with Gasteiger partial charge in [-0.2, -0.15) is 0 Å². The van der Waals surface area contributed by atoms with Crippen molar-refractivity contribution in [1.29, 1.82) is 0 Å². The number of carboxylic acids is 1. The number of nitrogens with zero attached hydrogens (tertiary/aromatic N) is 2. The molecule has 6 heteroatoms. The van der Waals surface area contributed by atoms with Crippen LogP contribution in [0.5, 0.6) is 0 Å². The second kappa shape index (κ2) is 5.79. The van der Waals surface area contributed by atoms with Crippen LogP contribution in [0.2, 0.25) is 0 Å². The third kappa shape index (κ3) is 3.29. The van der Waals surface area contributed by atoms with E-state index >= 15 is 0 Å². The van der Waals surface area contributed by atoms with Gasteiger partial charge in [-0.25, -0.2) is 14.8 Å². The number of anilines is 1. The molecular formula is C13H12BrN3O2. The molecule has 0 aliphatic heterocycles. The first kappa shape index (κ1) is 13.5. The molecule has 1 aromatic heterocycles. The predicted molar refractivity (Wildman–Crippen MR) is 75.2 cm³/mol. The average molecular weight is 322 g/mol. The van der Waals surface area contributed by atoms with Crippen LogP contribution < -0.4 is 5.32 Å². The zero-order chi connectivity index (χ0) is 13.8. The molecule has 0 saturated carbocycles. The summed E-state index contributed by atoms with van der Waals surface area (Å²) in [7, 11) is 0. The highest BCUT2D eigenvalue weighted by Crippen LogP contribution is 2.21. The van der Waals surface area contributed by atoms with Crippen LogP contribution in [0.4, 0.5) is 5.69 Å². The molecule has 98 valence electrons. The molecule has 2 N–H and O–H groups in total. The number of aromatic carboxylic acids is 1. The van der Waals surface area contributed by atoms with Crippen LogP contribution >= 0.6 is 15.9 Å². The molecule has 0 atom stereocenters. The number of carbonyl (C=O) groups is 1. The van der Waals surface area contributed by atoms with E-state index in [1.54, 1.807) is 0 Å². The third-order valence-corrected chi connectivity index (χ3v) is 3.51. The Bertz CT molecular complexity index is 617. The number of benzene rings is 1. The van der Waals surface area contributed by atoms with E-state index < -0.39 is 5.97 Å². The Morgan fingerprint density at radius 3 is 2.95 bits per heavy atom. The van der Waals surface area contributed by atoms with Gasteiger partial charge in [0.25, 0.3) is 0 Å². The molecule has 19 heavy (non-hydrogen) atoms. The van der Waals surface area contributed by atoms with E-state index in [1.165, 1.54) is 12.5 Å². The Kier molecular flexibility index (Phi) is 4.11. The molecule has 0 aliphatic carbocycles. The van der Waals surface area contributed by atoms with Crippen LogP contribution in [0.3, 0.4) is 0 Å². The van der Waals surface area contributed by atoms with Gasteiger partial charge in [-0.05, 0) is 24.6 Å². The highest BCUT2D eigenvalue weighted by molar-refractivity contribution is 9.10. The summed E-state index contributed by atoms with van der Waals surface area (Å²) in [5.74, 6) is -1.03. The van der Waals surface area contributed by atoms with Gasteiger partial charge in [0.15, 0.2) is 0 Å². The Labute approximate surface area is 118 Å². The first-order valence-electron chi connectivity index (χ1n) is 5.60. The standard InChI is InChI=1S/C13H12BrN3O2/c1-8-2-3-9(4-11(8)14)16-6-12-10(13(18)19)5-15-7-17-12/h2-5,7,16H,6H2,1H3,(H,18,19). The van der Waals surface area contributed by atoms with Crippen LogP contribution in [-0.4, -0.2) is 21.0 Å². The van der Waals surface area contributed by atoms with E-state index in [2.05, 4.69) is 31.2 Å². The van der Waals surface area contributed by atoms with E-state index in [4.69, 9.17) is 5.11 Å². The maximum absolute atomic E-state index is 11.0. The van der Waals surface area contributed by atoms with Gasteiger partial charge in [0.2, 0.25) is 0 Å². The van der Waals surface area contributed by atoms with Gasteiger partial charge in [0, 0.05) is 16.4 Å². The maximum atomic E-state index is 11.0. The van der Waals surface area contributed by atoms with Gasteiger partial charge < -0.3 is 10.4 Å². The monoisotopic (exact) mass is 321 g/mol. The van der Waals surface area contributed by atoms with Crippen molar-refractivity contribution in [3.63, 3.8) is 0 Å². The van der Waals surface area contributed by atoms with Gasteiger partial charge in [0.05, 0.1) is 12.2 Å². The second-order valence-corrected chi connectivity index (χ2v) is 4.86. The number of carboxylic acid groups (broad SMARTS) is 1. The van der Waals surface area contributed by atoms with Crippen LogP contribution in [0.15, 0.2) is 35.2 Å². The lowest BCUT2D eigenvalue weighted by Crippen LogP contribution is -2.10. The number of aryl methyl sites for hydroxylation is 1. The van der Waals surface area contributed by atoms with Crippen molar-refractivity contribution in [2.45, 2.75) is 13.5 Å². The summed E-state index contributed by atoms with van der Waals surface area (Å²) in [6.45, 7) is 2.33. The normalized spacial score (nSPS) is 10.2. The summed E-state index contributed by atoms with van der Waals surface area (Å²) in [5, 5.41) is 12.2. The van der Waals surface area contributed by atoms with Crippen LogP contribution in [-0.2, 0) is 6.54 Å². The number of hydrogen-bond donors (Lipinski definition) is 2. The fourth-order valence-electron chi connectivity index (χ4n) is 1.56. The molecule has 0 fully saturated rings. The summed E-state index contributed by atoms with van der Waals surface area (Å²) >= 11 is 3.45. The summed E-state index contributed by atoms with van der Waals surface area (Å²) < 4.78 is 0.999. The smallest absolute Gasteiger partial charge is 0.339 e. The third-order valence-electron chi connectivity index (χ3n) is 2.66. The molecule has 0 unspecified atom stereocenters. The lowest BCUT2D eigenvalue weighted by Gasteiger charge is -2.09. The maximum Gasteiger partial charge on any atom is 0.339 e. The molecule has 0 amide bonds. The van der Waals surface area contributed by atoms with E-state index in [-0.39, 0.29) is 5.56 Å². The van der Waals surface area contributed by atoms with Crippen molar-refractivity contribution >= 4 is 27.6 Å². The molecule has 0 radical (unpaired) electrons. The Hall–Kier alpha value is -1.95. The van der Waals surface area contributed by atoms with Crippen LogP contribution in [0.1, 0.15) is 21.6 Å². The molecule has 2 aromatic rings. The molecule has 2 rings (SSSR count). The fourth-order valence-corrected chi connectivity index (χ4v) is 1.94. The lowest BCUT2D eigenvalue weighted by molar-refractivity contribution is 0.0694. The zero-order valence-electron chi connectivity index (χ0n) is 10.2. The van der Waals surface area contributed by atoms with Crippen molar-refractivity contribution in [2.24, 2.45) is 0 Å². The summed E-state index contributed by atoms with van der Waals surface area (Å²) in [6, 6.07) is 5.85. The topological polar surface area (TPSA) is 75.1 Å². The minimum Gasteiger partial charge on any atom is -0.478 e. The predicted octanol–water partition coefficient (Wildman–Crippen LogP) is 2.86. The van der Waals surface area contributed by atoms with Gasteiger partial charge in [-0.3, -0.25) is 0 Å². The summed E-state index contributed by atoms with van der Waals surface area (Å²) in [4.78, 5) is 18.7. The Morgan fingerprint density at radius 2 is 2.26 bits per heavy atom. The lowest BCUT2D eigenvalue weighted by atomic mass is 10.2. The van der Waals surface area contributed by atoms with Gasteiger partial charge >= 0.3 is 5.97 Å². The van der Waals surface area contributed by atoms with Crippen molar-refractivity contribution in [2.75, 3.05) is 5.32 Å². The molecule has 0 bridgehead atoms. The van der Waals surface area contributed by atoms with Gasteiger partial charge in [-0.1, -0.05) is 22.0 Å². The van der Waals surface area contributed by atoms with Gasteiger partial charge in [-0.15, -0.1) is 0 Å². The molecule has 1 heterocycles. The number of hydrogen-bond acceptors (Lipinski definition) is 4. The molecule has 5 nitrogen and oxygen atoms in total. The van der Waals surface area contributed by atoms with Crippen molar-refractivity contribution < 1.29 is 9.90 Å². The minimum absolute atomic E-state index is 0.112. The molecule has 1 aromatic carbocycles. The average Bonchev–Trinajstić information content (AvgIpc) is 2.40. The quantitative estimate of drug-likeness (QED) is 0.905. The van der Waals surface area contributed by atoms with Gasteiger partial charge in [0.1, 0.15) is 11.9 Å². The second-order valence-electron chi connectivity index (χ2n) is 4.01. The summed E-state index contributed by atoms with van der Waals surface area (Å²) in [5.41, 5.74) is 2.60. The van der Waals surface area contributed by atoms with Crippen molar-refractivity contribution in [1.82, 2.24) is 9.97 Å². The molecule has 0 spiro atoms. The first-order chi connectivity index (χ1) is 9.08. The largest absolute Gasteiger partial charge is 0.478 e. The number of rotatable bonds is 4. The fraction of sp³-hybridized carbons (Fsp3) is 0.154. The highest BCUT2D eigenvalue weighted by Gasteiger charge is 2.10. The van der Waals surface area contributed by atoms with E-state index in [1.807, 2.05) is 25.1 Å². The van der Waals surface area contributed by atoms with Crippen molar-refractivity contribution in [3.8, 4) is 0 Å². The van der Waals surface area contributed by atoms with Crippen LogP contribution in [0.25, 0.3) is 0 Å². The molecule has 0 aliphatic rings. The minimum atomic E-state index is -1.03. The van der Waals surface area contributed by atoms with Crippen LogP contribution in [0, 0.1) is 6.92 Å². The SMILES string of the molecule is Cc1ccc(NCc2ncncc2C(=O)O)cc1Br. The molecule has 0 saturated heterocycles. The zero-order valence-corrected chi connectivity index (χ0v) is 11.8. The van der Waals surface area contributed by atoms with E-state index in [0.717, 1.165) is 15.7 Å². The Morgan fingerprint density at radius 1 is 1.47 bits per heavy atom. The highest BCUT2D eigenvalue weighted by atomic mass is 79.9.